The molecule has 0 bridgehead atoms. The number of pyridine rings is 1. The quantitative estimate of drug-likeness (QED) is 0.329. The summed E-state index contributed by atoms with van der Waals surface area (Å²) in [7, 11) is 0. The summed E-state index contributed by atoms with van der Waals surface area (Å²) in [6.45, 7) is 0. The Bertz CT molecular complexity index is 1430. The zero-order chi connectivity index (χ0) is 17.1. The van der Waals surface area contributed by atoms with E-state index in [9.17, 15) is 0 Å². The number of thiophene rings is 1. The molecular weight excluding hydrogens is 336 g/mol. The Morgan fingerprint density at radius 2 is 1.54 bits per heavy atom. The number of para-hydroxylation sites is 1. The van der Waals surface area contributed by atoms with Crippen molar-refractivity contribution in [2.24, 2.45) is 0 Å². The van der Waals surface area contributed by atoms with E-state index in [0.29, 0.717) is 0 Å². The van der Waals surface area contributed by atoms with Gasteiger partial charge in [0, 0.05) is 37.8 Å². The minimum Gasteiger partial charge on any atom is -0.307 e. The normalized spacial score (nSPS) is 11.8. The molecule has 0 aliphatic carbocycles. The molecule has 0 radical (unpaired) electrons. The maximum Gasteiger partial charge on any atom is 0.0723 e. The van der Waals surface area contributed by atoms with Crippen LogP contribution in [0.1, 0.15) is 0 Å². The lowest BCUT2D eigenvalue weighted by atomic mass is 10.1. The predicted molar refractivity (Wildman–Crippen MR) is 111 cm³/mol. The van der Waals surface area contributed by atoms with E-state index in [0.717, 1.165) is 11.1 Å². The van der Waals surface area contributed by atoms with Gasteiger partial charge in [-0.3, -0.25) is 4.98 Å². The summed E-state index contributed by atoms with van der Waals surface area (Å²) in [4.78, 5) is 4.52. The first kappa shape index (κ1) is 14.0. The summed E-state index contributed by atoms with van der Waals surface area (Å²) < 4.78 is 3.69. The third-order valence-corrected chi connectivity index (χ3v) is 6.04. The second-order valence-electron chi connectivity index (χ2n) is 6.52. The summed E-state index contributed by atoms with van der Waals surface area (Å²) in [6.07, 6.45) is 3.91. The highest BCUT2D eigenvalue weighted by molar-refractivity contribution is 7.17. The van der Waals surface area contributed by atoms with Crippen molar-refractivity contribution >= 4 is 54.0 Å². The third kappa shape index (κ3) is 1.78. The van der Waals surface area contributed by atoms with Gasteiger partial charge in [-0.1, -0.05) is 42.5 Å². The van der Waals surface area contributed by atoms with Gasteiger partial charge in [-0.25, -0.2) is 0 Å². The van der Waals surface area contributed by atoms with Gasteiger partial charge in [-0.2, -0.15) is 0 Å². The van der Waals surface area contributed by atoms with Crippen molar-refractivity contribution in [3.8, 4) is 5.69 Å². The van der Waals surface area contributed by atoms with Gasteiger partial charge in [-0.05, 0) is 29.6 Å². The van der Waals surface area contributed by atoms with Crippen LogP contribution in [0.5, 0.6) is 0 Å². The number of aromatic nitrogens is 2. The van der Waals surface area contributed by atoms with E-state index in [-0.39, 0.29) is 0 Å². The van der Waals surface area contributed by atoms with Crippen LogP contribution >= 0.6 is 11.3 Å². The molecule has 0 fully saturated rings. The second kappa shape index (κ2) is 5.16. The number of nitrogens with zero attached hydrogens (tertiary/aromatic N) is 2. The minimum absolute atomic E-state index is 1.13. The molecule has 3 heterocycles. The smallest absolute Gasteiger partial charge is 0.0723 e. The van der Waals surface area contributed by atoms with Gasteiger partial charge in [0.2, 0.25) is 0 Å². The third-order valence-electron chi connectivity index (χ3n) is 5.16. The van der Waals surface area contributed by atoms with E-state index in [1.807, 2.05) is 12.4 Å². The highest BCUT2D eigenvalue weighted by atomic mass is 32.1. The largest absolute Gasteiger partial charge is 0.307 e. The van der Waals surface area contributed by atoms with E-state index >= 15 is 0 Å². The Hall–Kier alpha value is -3.17. The van der Waals surface area contributed by atoms with Crippen molar-refractivity contribution < 1.29 is 0 Å². The number of hydrogen-bond acceptors (Lipinski definition) is 2. The molecule has 3 aromatic heterocycles. The van der Waals surface area contributed by atoms with Crippen LogP contribution < -0.4 is 0 Å². The van der Waals surface area contributed by atoms with Gasteiger partial charge in [0.05, 0.1) is 22.9 Å². The summed E-state index contributed by atoms with van der Waals surface area (Å²) in [6, 6.07) is 23.8. The molecule has 3 aromatic carbocycles. The molecule has 0 atom stereocenters. The van der Waals surface area contributed by atoms with E-state index in [1.165, 1.54) is 37.3 Å². The zero-order valence-corrected chi connectivity index (χ0v) is 14.7. The first-order valence-electron chi connectivity index (χ1n) is 8.64. The van der Waals surface area contributed by atoms with E-state index in [1.54, 1.807) is 11.3 Å². The molecular formula is C23H14N2S. The molecule has 0 N–H and O–H groups in total. The molecule has 0 aliphatic heterocycles. The Morgan fingerprint density at radius 1 is 0.692 bits per heavy atom. The first-order valence-corrected chi connectivity index (χ1v) is 9.52. The highest BCUT2D eigenvalue weighted by Gasteiger charge is 2.16. The van der Waals surface area contributed by atoms with Crippen LogP contribution in [0.4, 0.5) is 0 Å². The summed E-state index contributed by atoms with van der Waals surface area (Å²) in [5, 5.41) is 8.50. The summed E-state index contributed by atoms with van der Waals surface area (Å²) in [5.41, 5.74) is 3.58. The van der Waals surface area contributed by atoms with Crippen molar-refractivity contribution in [1.82, 2.24) is 9.55 Å². The lowest BCUT2D eigenvalue weighted by molar-refractivity contribution is 1.16. The predicted octanol–water partition coefficient (Wildman–Crippen LogP) is 6.55. The highest BCUT2D eigenvalue weighted by Crippen LogP contribution is 2.39. The fraction of sp³-hybridized carbons (Fsp3) is 0. The van der Waals surface area contributed by atoms with Gasteiger partial charge in [0.1, 0.15) is 0 Å². The van der Waals surface area contributed by atoms with Crippen LogP contribution in [0.2, 0.25) is 0 Å². The number of benzene rings is 3. The zero-order valence-electron chi connectivity index (χ0n) is 13.9. The Labute approximate surface area is 153 Å². The van der Waals surface area contributed by atoms with Crippen LogP contribution in [0.25, 0.3) is 48.4 Å². The van der Waals surface area contributed by atoms with Crippen molar-refractivity contribution in [3.63, 3.8) is 0 Å². The first-order chi connectivity index (χ1) is 12.9. The molecule has 0 aliphatic rings. The molecule has 6 aromatic rings. The maximum atomic E-state index is 4.52. The summed E-state index contributed by atoms with van der Waals surface area (Å²) >= 11 is 1.80. The number of rotatable bonds is 1. The molecule has 0 spiro atoms. The lowest BCUT2D eigenvalue weighted by Crippen LogP contribution is -1.96. The molecule has 0 saturated carbocycles. The van der Waals surface area contributed by atoms with Crippen LogP contribution in [0.15, 0.2) is 84.5 Å². The second-order valence-corrected chi connectivity index (χ2v) is 7.47. The Balaban J connectivity index is 1.89. The summed E-state index contributed by atoms with van der Waals surface area (Å²) in [5.74, 6) is 0. The molecule has 2 nitrogen and oxygen atoms in total. The Kier molecular flexibility index (Phi) is 2.79. The molecule has 0 unspecified atom stereocenters. The molecule has 3 heteroatoms. The number of hydrogen-bond donors (Lipinski definition) is 0. The molecule has 122 valence electrons. The van der Waals surface area contributed by atoms with Gasteiger partial charge in [-0.15, -0.1) is 11.3 Å². The van der Waals surface area contributed by atoms with E-state index in [2.05, 4.69) is 81.7 Å². The van der Waals surface area contributed by atoms with Crippen molar-refractivity contribution in [2.75, 3.05) is 0 Å². The number of fused-ring (bicyclic) bond motifs is 6. The van der Waals surface area contributed by atoms with Crippen LogP contribution in [0, 0.1) is 0 Å². The molecule has 0 saturated heterocycles. The average Bonchev–Trinajstić information content (AvgIpc) is 3.29. The fourth-order valence-electron chi connectivity index (χ4n) is 4.05. The monoisotopic (exact) mass is 350 g/mol. The molecule has 26 heavy (non-hydrogen) atoms. The van der Waals surface area contributed by atoms with Crippen molar-refractivity contribution in [3.05, 3.63) is 84.5 Å². The van der Waals surface area contributed by atoms with Crippen LogP contribution in [-0.4, -0.2) is 9.55 Å². The van der Waals surface area contributed by atoms with Gasteiger partial charge >= 0.3 is 0 Å². The SMILES string of the molecule is c1ccc2c(-n3c4ccccc4c4c5ccsc5ccc43)cncc2c1. The topological polar surface area (TPSA) is 17.8 Å². The maximum absolute atomic E-state index is 4.52. The van der Waals surface area contributed by atoms with Crippen LogP contribution in [0.3, 0.4) is 0 Å². The lowest BCUT2D eigenvalue weighted by Gasteiger charge is -2.10. The molecule has 0 amide bonds. The van der Waals surface area contributed by atoms with Crippen molar-refractivity contribution in [2.45, 2.75) is 0 Å². The van der Waals surface area contributed by atoms with E-state index in [4.69, 9.17) is 0 Å². The standard InChI is InChI=1S/C23H14N2S/c1-2-6-16-15(5-1)13-24-14-21(16)25-19-8-4-3-7-17(19)23-18-11-12-26-22(18)10-9-20(23)25/h1-14H. The fourth-order valence-corrected chi connectivity index (χ4v) is 4.84. The minimum atomic E-state index is 1.13. The van der Waals surface area contributed by atoms with Crippen LogP contribution in [-0.2, 0) is 0 Å². The Morgan fingerprint density at radius 3 is 2.50 bits per heavy atom. The van der Waals surface area contributed by atoms with Gasteiger partial charge < -0.3 is 4.57 Å². The molecule has 6 rings (SSSR count). The van der Waals surface area contributed by atoms with Gasteiger partial charge in [0.25, 0.3) is 0 Å². The average molecular weight is 350 g/mol. The van der Waals surface area contributed by atoms with Crippen molar-refractivity contribution in [1.29, 1.82) is 0 Å². The van der Waals surface area contributed by atoms with Gasteiger partial charge in [0.15, 0.2) is 0 Å². The van der Waals surface area contributed by atoms with E-state index < -0.39 is 0 Å².